The van der Waals surface area contributed by atoms with Crippen LogP contribution >= 0.6 is 0 Å². The number of nitrogens with zero attached hydrogens (tertiary/aromatic N) is 2. The third-order valence-corrected chi connectivity index (χ3v) is 7.79. The van der Waals surface area contributed by atoms with Crippen LogP contribution in [0.5, 0.6) is 0 Å². The van der Waals surface area contributed by atoms with Gasteiger partial charge in [-0.2, -0.15) is 0 Å². The smallest absolute Gasteiger partial charge is 0.274 e. The van der Waals surface area contributed by atoms with Gasteiger partial charge in [0.15, 0.2) is 0 Å². The van der Waals surface area contributed by atoms with Crippen LogP contribution in [0.1, 0.15) is 81.3 Å². The molecule has 1 aliphatic heterocycles. The van der Waals surface area contributed by atoms with Gasteiger partial charge in [-0.05, 0) is 79.7 Å². The number of hydrogen-bond acceptors (Lipinski definition) is 3. The van der Waals surface area contributed by atoms with Gasteiger partial charge in [0, 0.05) is 30.3 Å². The van der Waals surface area contributed by atoms with Crippen LogP contribution in [0.4, 0.5) is 8.78 Å². The summed E-state index contributed by atoms with van der Waals surface area (Å²) in [7, 11) is 0. The van der Waals surface area contributed by atoms with E-state index in [-0.39, 0.29) is 28.5 Å². The van der Waals surface area contributed by atoms with Crippen LogP contribution in [0.2, 0.25) is 0 Å². The summed E-state index contributed by atoms with van der Waals surface area (Å²) in [5, 5.41) is 2.87. The summed E-state index contributed by atoms with van der Waals surface area (Å²) in [6, 6.07) is 10.6. The van der Waals surface area contributed by atoms with E-state index in [0.29, 0.717) is 31.0 Å². The summed E-state index contributed by atoms with van der Waals surface area (Å²) in [5.41, 5.74) is 1.39. The molecule has 198 valence electrons. The molecule has 1 heterocycles. The number of halogens is 2. The van der Waals surface area contributed by atoms with E-state index in [1.54, 1.807) is 12.1 Å². The van der Waals surface area contributed by atoms with Gasteiger partial charge in [0.2, 0.25) is 0 Å². The predicted octanol–water partition coefficient (Wildman–Crippen LogP) is 5.91. The third-order valence-electron chi connectivity index (χ3n) is 7.79. The molecule has 1 spiro atoms. The van der Waals surface area contributed by atoms with Crippen LogP contribution in [0.25, 0.3) is 0 Å². The second kappa shape index (κ2) is 10.7. The molecule has 37 heavy (non-hydrogen) atoms. The van der Waals surface area contributed by atoms with Gasteiger partial charge in [0.05, 0.1) is 0 Å². The largest absolute Gasteiger partial charge is 0.352 e. The minimum absolute atomic E-state index is 0.0990. The molecule has 1 aliphatic carbocycles. The van der Waals surface area contributed by atoms with Crippen molar-refractivity contribution in [1.29, 1.82) is 0 Å². The summed E-state index contributed by atoms with van der Waals surface area (Å²) in [4.78, 5) is 32.6. The number of amides is 2. The van der Waals surface area contributed by atoms with Crippen molar-refractivity contribution in [2.24, 2.45) is 16.3 Å². The first kappa shape index (κ1) is 27.0. The fraction of sp³-hybridized carbons (Fsp3) is 0.500. The Morgan fingerprint density at radius 3 is 2.27 bits per heavy atom. The molecule has 2 amide bonds. The Morgan fingerprint density at radius 1 is 1.08 bits per heavy atom. The fourth-order valence-electron chi connectivity index (χ4n) is 5.55. The lowest BCUT2D eigenvalue weighted by molar-refractivity contribution is -0.129. The molecule has 0 bridgehead atoms. The number of benzene rings is 2. The second-order valence-corrected chi connectivity index (χ2v) is 11.4. The molecule has 1 fully saturated rings. The maximum Gasteiger partial charge on any atom is 0.274 e. The highest BCUT2D eigenvalue weighted by atomic mass is 19.1. The zero-order chi connectivity index (χ0) is 26.8. The van der Waals surface area contributed by atoms with Crippen molar-refractivity contribution in [3.63, 3.8) is 0 Å². The van der Waals surface area contributed by atoms with Crippen LogP contribution < -0.4 is 5.32 Å². The van der Waals surface area contributed by atoms with Crippen molar-refractivity contribution < 1.29 is 18.4 Å². The van der Waals surface area contributed by atoms with Gasteiger partial charge in [-0.25, -0.2) is 8.78 Å². The van der Waals surface area contributed by atoms with Gasteiger partial charge in [-0.1, -0.05) is 39.8 Å². The Morgan fingerprint density at radius 2 is 1.70 bits per heavy atom. The maximum atomic E-state index is 14.0. The van der Waals surface area contributed by atoms with Gasteiger partial charge in [-0.3, -0.25) is 14.6 Å². The molecule has 2 aromatic rings. The van der Waals surface area contributed by atoms with Crippen molar-refractivity contribution in [2.75, 3.05) is 13.1 Å². The zero-order valence-electron chi connectivity index (χ0n) is 22.2. The molecule has 0 atom stereocenters. The molecule has 2 aromatic carbocycles. The quantitative estimate of drug-likeness (QED) is 0.504. The van der Waals surface area contributed by atoms with Crippen LogP contribution in [0.15, 0.2) is 47.5 Å². The lowest BCUT2D eigenvalue weighted by Gasteiger charge is -2.45. The molecular formula is C30H37F2N3O2. The van der Waals surface area contributed by atoms with E-state index in [1.807, 2.05) is 24.0 Å². The van der Waals surface area contributed by atoms with Gasteiger partial charge >= 0.3 is 0 Å². The Kier molecular flexibility index (Phi) is 7.81. The van der Waals surface area contributed by atoms with Crippen molar-refractivity contribution in [2.45, 2.75) is 71.9 Å². The standard InChI is InChI=1S/C30H37F2N3O2/c1-5-15-33-27(36)21-8-6-20(7-9-21)12-16-35-28(37)26(22-17-24(31)19-25(32)18-22)34-30(35)13-10-23(11-14-30)29(2,3)4/h6-9,17-19,23H,5,10-16H2,1-4H3,(H,33,36). The summed E-state index contributed by atoms with van der Waals surface area (Å²) >= 11 is 0. The lowest BCUT2D eigenvalue weighted by Crippen LogP contribution is -2.50. The van der Waals surface area contributed by atoms with Crippen molar-refractivity contribution in [3.8, 4) is 0 Å². The topological polar surface area (TPSA) is 61.8 Å². The molecule has 4 rings (SSSR count). The number of rotatable bonds is 7. The normalized spacial score (nSPS) is 21.9. The lowest BCUT2D eigenvalue weighted by atomic mass is 9.69. The Labute approximate surface area is 218 Å². The first-order valence-electron chi connectivity index (χ1n) is 13.3. The monoisotopic (exact) mass is 509 g/mol. The Bertz CT molecular complexity index is 1160. The number of hydrogen-bond donors (Lipinski definition) is 1. The number of aliphatic imine (C=N–C) groups is 1. The highest BCUT2D eigenvalue weighted by Crippen LogP contribution is 2.46. The molecule has 5 nitrogen and oxygen atoms in total. The molecule has 0 radical (unpaired) electrons. The van der Waals surface area contributed by atoms with Crippen molar-refractivity contribution in [1.82, 2.24) is 10.2 Å². The minimum atomic E-state index is -0.725. The van der Waals surface area contributed by atoms with Crippen molar-refractivity contribution >= 4 is 17.5 Å². The Balaban J connectivity index is 1.55. The van der Waals surface area contributed by atoms with Gasteiger partial charge in [0.1, 0.15) is 23.0 Å². The number of carbonyl (C=O) groups excluding carboxylic acids is 2. The van der Waals surface area contributed by atoms with Crippen LogP contribution in [-0.2, 0) is 11.2 Å². The highest BCUT2D eigenvalue weighted by molar-refractivity contribution is 6.46. The van der Waals surface area contributed by atoms with E-state index in [1.165, 1.54) is 12.1 Å². The predicted molar refractivity (Wildman–Crippen MR) is 142 cm³/mol. The minimum Gasteiger partial charge on any atom is -0.352 e. The molecule has 7 heteroatoms. The first-order valence-corrected chi connectivity index (χ1v) is 13.3. The highest BCUT2D eigenvalue weighted by Gasteiger charge is 2.49. The average Bonchev–Trinajstić information content (AvgIpc) is 3.11. The van der Waals surface area contributed by atoms with Crippen LogP contribution in [0.3, 0.4) is 0 Å². The summed E-state index contributed by atoms with van der Waals surface area (Å²) in [5.74, 6) is -1.31. The summed E-state index contributed by atoms with van der Waals surface area (Å²) in [6.45, 7) is 9.79. The molecule has 0 aromatic heterocycles. The average molecular weight is 510 g/mol. The van der Waals surface area contributed by atoms with Crippen molar-refractivity contribution in [3.05, 3.63) is 70.8 Å². The zero-order valence-corrected chi connectivity index (χ0v) is 22.2. The molecule has 1 N–H and O–H groups in total. The SMILES string of the molecule is CCCNC(=O)c1ccc(CCN2C(=O)C(c3cc(F)cc(F)c3)=NC23CCC(C(C)(C)C)CC3)cc1. The molecule has 0 unspecified atom stereocenters. The molecule has 1 saturated carbocycles. The summed E-state index contributed by atoms with van der Waals surface area (Å²) < 4.78 is 28.0. The fourth-order valence-corrected chi connectivity index (χ4v) is 5.55. The van der Waals surface area contributed by atoms with Gasteiger partial charge < -0.3 is 10.2 Å². The van der Waals surface area contributed by atoms with E-state index in [0.717, 1.165) is 43.7 Å². The van der Waals surface area contributed by atoms with E-state index in [2.05, 4.69) is 26.1 Å². The first-order chi connectivity index (χ1) is 17.5. The van der Waals surface area contributed by atoms with E-state index in [4.69, 9.17) is 4.99 Å². The van der Waals surface area contributed by atoms with E-state index in [9.17, 15) is 18.4 Å². The van der Waals surface area contributed by atoms with Gasteiger partial charge in [-0.15, -0.1) is 0 Å². The Hall–Kier alpha value is -3.09. The second-order valence-electron chi connectivity index (χ2n) is 11.4. The van der Waals surface area contributed by atoms with Crippen LogP contribution in [-0.4, -0.2) is 41.2 Å². The van der Waals surface area contributed by atoms with Crippen LogP contribution in [0, 0.1) is 23.0 Å². The van der Waals surface area contributed by atoms with Gasteiger partial charge in [0.25, 0.3) is 11.8 Å². The number of nitrogens with one attached hydrogen (secondary N) is 1. The van der Waals surface area contributed by atoms with E-state index < -0.39 is 17.3 Å². The molecule has 0 saturated heterocycles. The van der Waals surface area contributed by atoms with E-state index >= 15 is 0 Å². The number of carbonyl (C=O) groups is 2. The summed E-state index contributed by atoms with van der Waals surface area (Å²) in [6.07, 6.45) is 4.77. The maximum absolute atomic E-state index is 14.0. The molecular weight excluding hydrogens is 472 g/mol. The molecule has 2 aliphatic rings. The third kappa shape index (κ3) is 5.91.